The van der Waals surface area contributed by atoms with Crippen molar-refractivity contribution >= 4 is 16.6 Å². The van der Waals surface area contributed by atoms with Crippen LogP contribution in [-0.2, 0) is 11.2 Å². The predicted octanol–water partition coefficient (Wildman–Crippen LogP) is 4.29. The summed E-state index contributed by atoms with van der Waals surface area (Å²) < 4.78 is 5.61. The van der Waals surface area contributed by atoms with Crippen LogP contribution >= 0.6 is 0 Å². The van der Waals surface area contributed by atoms with E-state index in [0.29, 0.717) is 24.0 Å². The molecule has 0 saturated heterocycles. The number of fused-ring (bicyclic) bond motifs is 1. The highest BCUT2D eigenvalue weighted by atomic mass is 16.4. The molecular weight excluding hydrogens is 288 g/mol. The number of ketones is 1. The second kappa shape index (κ2) is 6.21. The lowest BCUT2D eigenvalue weighted by Gasteiger charge is -2.11. The van der Waals surface area contributed by atoms with E-state index in [1.807, 2.05) is 49.4 Å². The van der Waals surface area contributed by atoms with Crippen LogP contribution in [0.2, 0.25) is 0 Å². The van der Waals surface area contributed by atoms with Gasteiger partial charge in [0, 0.05) is 17.5 Å². The Morgan fingerprint density at radius 1 is 1.00 bits per heavy atom. The summed E-state index contributed by atoms with van der Waals surface area (Å²) in [6.45, 7) is 3.59. The summed E-state index contributed by atoms with van der Waals surface area (Å²) in [6.07, 6.45) is 0.986. The zero-order valence-corrected chi connectivity index (χ0v) is 13.3. The Bertz CT molecular complexity index is 918. The Balaban J connectivity index is 2.26. The molecule has 23 heavy (non-hydrogen) atoms. The fourth-order valence-electron chi connectivity index (χ4n) is 2.74. The van der Waals surface area contributed by atoms with Crippen LogP contribution in [0.1, 0.15) is 24.5 Å². The minimum atomic E-state index is -0.345. The molecule has 0 amide bonds. The van der Waals surface area contributed by atoms with Gasteiger partial charge in [-0.1, -0.05) is 48.0 Å². The summed E-state index contributed by atoms with van der Waals surface area (Å²) in [5.41, 5.74) is 2.57. The van der Waals surface area contributed by atoms with Gasteiger partial charge in [0.25, 0.3) is 0 Å². The second-order valence-electron chi connectivity index (χ2n) is 5.81. The van der Waals surface area contributed by atoms with Gasteiger partial charge in [-0.3, -0.25) is 0 Å². The lowest BCUT2D eigenvalue weighted by Crippen LogP contribution is -2.06. The van der Waals surface area contributed by atoms with E-state index in [1.165, 1.54) is 0 Å². The first-order valence-corrected chi connectivity index (χ1v) is 7.67. The van der Waals surface area contributed by atoms with Crippen molar-refractivity contribution in [2.24, 2.45) is 0 Å². The first kappa shape index (κ1) is 15.2. The van der Waals surface area contributed by atoms with Crippen molar-refractivity contribution in [2.75, 3.05) is 0 Å². The van der Waals surface area contributed by atoms with Crippen molar-refractivity contribution in [2.45, 2.75) is 26.7 Å². The maximum atomic E-state index is 12.3. The Kier molecular flexibility index (Phi) is 4.11. The number of carbonyl (C=O) groups excluding carboxylic acids is 1. The fraction of sp³-hybridized carbons (Fsp3) is 0.200. The Hall–Kier alpha value is -2.68. The molecule has 3 nitrogen and oxygen atoms in total. The molecule has 1 heterocycles. The van der Waals surface area contributed by atoms with E-state index in [9.17, 15) is 9.59 Å². The molecule has 3 heteroatoms. The summed E-state index contributed by atoms with van der Waals surface area (Å²) >= 11 is 0. The smallest absolute Gasteiger partial charge is 0.344 e. The van der Waals surface area contributed by atoms with E-state index in [2.05, 4.69) is 0 Å². The van der Waals surface area contributed by atoms with E-state index in [4.69, 9.17) is 4.42 Å². The van der Waals surface area contributed by atoms with Gasteiger partial charge in [-0.2, -0.15) is 0 Å². The Morgan fingerprint density at radius 2 is 1.65 bits per heavy atom. The summed E-state index contributed by atoms with van der Waals surface area (Å²) in [4.78, 5) is 23.7. The fourth-order valence-corrected chi connectivity index (χ4v) is 2.74. The van der Waals surface area contributed by atoms with Gasteiger partial charge < -0.3 is 9.21 Å². The number of carbonyl (C=O) groups is 1. The van der Waals surface area contributed by atoms with Crippen LogP contribution in [0.15, 0.2) is 57.7 Å². The Labute approximate surface area is 134 Å². The molecule has 0 aliphatic rings. The quantitative estimate of drug-likeness (QED) is 0.722. The van der Waals surface area contributed by atoms with Crippen molar-refractivity contribution in [1.82, 2.24) is 0 Å². The number of Topliss-reactive ketones (excluding diaryl/α,β-unsaturated/α-hetero) is 1. The molecule has 0 N–H and O–H groups in total. The molecule has 0 aliphatic carbocycles. The van der Waals surface area contributed by atoms with Crippen LogP contribution in [0.4, 0.5) is 0 Å². The van der Waals surface area contributed by atoms with Gasteiger partial charge in [0.1, 0.15) is 11.5 Å². The van der Waals surface area contributed by atoms with E-state index in [1.54, 1.807) is 13.0 Å². The Morgan fingerprint density at radius 3 is 2.30 bits per heavy atom. The third-order valence-electron chi connectivity index (χ3n) is 3.98. The number of hydrogen-bond acceptors (Lipinski definition) is 3. The number of hydrogen-bond donors (Lipinski definition) is 0. The molecule has 0 saturated carbocycles. The van der Waals surface area contributed by atoms with Crippen LogP contribution in [0.3, 0.4) is 0 Å². The highest BCUT2D eigenvalue weighted by molar-refractivity contribution is 5.89. The SMILES string of the molecule is CC(=O)CCc1c(-c2ccc(C)cc2)oc(=O)c2ccccc12. The molecule has 0 radical (unpaired) electrons. The average Bonchev–Trinajstić information content (AvgIpc) is 2.54. The maximum Gasteiger partial charge on any atom is 0.344 e. The van der Waals surface area contributed by atoms with Crippen molar-refractivity contribution in [3.63, 3.8) is 0 Å². The van der Waals surface area contributed by atoms with E-state index in [-0.39, 0.29) is 11.4 Å². The van der Waals surface area contributed by atoms with Crippen LogP contribution < -0.4 is 5.63 Å². The largest absolute Gasteiger partial charge is 0.422 e. The van der Waals surface area contributed by atoms with Gasteiger partial charge >= 0.3 is 5.63 Å². The summed E-state index contributed by atoms with van der Waals surface area (Å²) in [6, 6.07) is 15.3. The molecule has 0 atom stereocenters. The molecule has 116 valence electrons. The number of benzene rings is 2. The molecule has 3 aromatic rings. The molecule has 0 unspecified atom stereocenters. The highest BCUT2D eigenvalue weighted by Crippen LogP contribution is 2.29. The third kappa shape index (κ3) is 3.09. The minimum Gasteiger partial charge on any atom is -0.422 e. The molecule has 3 rings (SSSR count). The van der Waals surface area contributed by atoms with Gasteiger partial charge in [0.2, 0.25) is 0 Å². The van der Waals surface area contributed by atoms with Crippen molar-refractivity contribution in [1.29, 1.82) is 0 Å². The summed E-state index contributed by atoms with van der Waals surface area (Å²) in [5.74, 6) is 0.685. The van der Waals surface area contributed by atoms with Crippen LogP contribution in [0, 0.1) is 6.92 Å². The van der Waals surface area contributed by atoms with Crippen LogP contribution in [-0.4, -0.2) is 5.78 Å². The molecule has 0 aliphatic heterocycles. The molecule has 1 aromatic heterocycles. The first-order valence-electron chi connectivity index (χ1n) is 7.67. The number of aryl methyl sites for hydroxylation is 2. The lowest BCUT2D eigenvalue weighted by atomic mass is 9.96. The van der Waals surface area contributed by atoms with Crippen molar-refractivity contribution in [3.05, 3.63) is 70.1 Å². The monoisotopic (exact) mass is 306 g/mol. The summed E-state index contributed by atoms with van der Waals surface area (Å²) in [5, 5.41) is 1.42. The normalized spacial score (nSPS) is 10.9. The third-order valence-corrected chi connectivity index (χ3v) is 3.98. The zero-order valence-electron chi connectivity index (χ0n) is 13.3. The zero-order chi connectivity index (χ0) is 16.4. The van der Waals surface area contributed by atoms with Crippen molar-refractivity contribution < 1.29 is 9.21 Å². The van der Waals surface area contributed by atoms with Gasteiger partial charge in [0.15, 0.2) is 0 Å². The minimum absolute atomic E-state index is 0.120. The van der Waals surface area contributed by atoms with Crippen molar-refractivity contribution in [3.8, 4) is 11.3 Å². The molecule has 0 bridgehead atoms. The van der Waals surface area contributed by atoms with Gasteiger partial charge in [-0.05, 0) is 31.7 Å². The molecular formula is C20H18O3. The first-order chi connectivity index (χ1) is 11.1. The number of rotatable bonds is 4. The van der Waals surface area contributed by atoms with Gasteiger partial charge in [-0.15, -0.1) is 0 Å². The van der Waals surface area contributed by atoms with Crippen LogP contribution in [0.5, 0.6) is 0 Å². The maximum absolute atomic E-state index is 12.3. The summed E-state index contributed by atoms with van der Waals surface area (Å²) in [7, 11) is 0. The topological polar surface area (TPSA) is 47.3 Å². The predicted molar refractivity (Wildman–Crippen MR) is 91.7 cm³/mol. The van der Waals surface area contributed by atoms with Gasteiger partial charge in [0.05, 0.1) is 5.39 Å². The lowest BCUT2D eigenvalue weighted by molar-refractivity contribution is -0.116. The van der Waals surface area contributed by atoms with Crippen LogP contribution in [0.25, 0.3) is 22.1 Å². The second-order valence-corrected chi connectivity index (χ2v) is 5.81. The standard InChI is InChI=1S/C20H18O3/c1-13-7-10-15(11-8-13)19-17(12-9-14(2)21)16-5-3-4-6-18(16)20(22)23-19/h3-8,10-11H,9,12H2,1-2H3. The van der Waals surface area contributed by atoms with E-state index >= 15 is 0 Å². The van der Waals surface area contributed by atoms with Gasteiger partial charge in [-0.25, -0.2) is 4.79 Å². The highest BCUT2D eigenvalue weighted by Gasteiger charge is 2.15. The van der Waals surface area contributed by atoms with E-state index in [0.717, 1.165) is 22.1 Å². The molecule has 0 fully saturated rings. The van der Waals surface area contributed by atoms with E-state index < -0.39 is 0 Å². The average molecular weight is 306 g/mol. The molecule has 2 aromatic carbocycles. The molecule has 0 spiro atoms.